The van der Waals surface area contributed by atoms with Crippen LogP contribution in [0, 0.1) is 34.5 Å². The normalized spacial score (nSPS) is 45.4. The molecule has 8 atom stereocenters. The van der Waals surface area contributed by atoms with E-state index in [2.05, 4.69) is 65.2 Å². The van der Waals surface area contributed by atoms with Crippen molar-refractivity contribution in [1.82, 2.24) is 0 Å². The Morgan fingerprint density at radius 1 is 0.824 bits per heavy atom. The summed E-state index contributed by atoms with van der Waals surface area (Å²) in [6, 6.07) is 0. The number of fused-ring (bicyclic) bond motifs is 5. The predicted molar refractivity (Wildman–Crippen MR) is 147 cm³/mol. The highest BCUT2D eigenvalue weighted by molar-refractivity contribution is 6.70. The van der Waals surface area contributed by atoms with Crippen LogP contribution in [0.2, 0.25) is 39.3 Å². The van der Waals surface area contributed by atoms with Crippen LogP contribution in [0.15, 0.2) is 5.16 Å². The van der Waals surface area contributed by atoms with Gasteiger partial charge >= 0.3 is 0 Å². The second-order valence-electron chi connectivity index (χ2n) is 14.7. The highest BCUT2D eigenvalue weighted by Crippen LogP contribution is 2.69. The first-order valence-corrected chi connectivity index (χ1v) is 20.9. The monoisotopic (exact) mass is 507 g/mol. The third kappa shape index (κ3) is 4.52. The highest BCUT2D eigenvalue weighted by Gasteiger charge is 2.67. The van der Waals surface area contributed by atoms with Crippen LogP contribution < -0.4 is 0 Å². The summed E-state index contributed by atoms with van der Waals surface area (Å²) in [6.07, 6.45) is 12.2. The molecule has 0 bridgehead atoms. The van der Waals surface area contributed by atoms with Crippen LogP contribution >= 0.6 is 0 Å². The molecule has 0 aromatic carbocycles. The summed E-state index contributed by atoms with van der Waals surface area (Å²) >= 11 is 0. The molecule has 196 valence electrons. The van der Waals surface area contributed by atoms with Crippen LogP contribution in [0.4, 0.5) is 0 Å². The van der Waals surface area contributed by atoms with Crippen molar-refractivity contribution in [2.45, 2.75) is 130 Å². The lowest BCUT2D eigenvalue weighted by Gasteiger charge is -2.62. The molecule has 4 aliphatic rings. The van der Waals surface area contributed by atoms with Crippen LogP contribution in [-0.2, 0) is 13.7 Å². The van der Waals surface area contributed by atoms with Crippen molar-refractivity contribution < 1.29 is 13.7 Å². The summed E-state index contributed by atoms with van der Waals surface area (Å²) in [5.74, 6) is 3.27. The van der Waals surface area contributed by atoms with E-state index in [0.29, 0.717) is 11.5 Å². The van der Waals surface area contributed by atoms with Gasteiger partial charge in [-0.3, -0.25) is 0 Å². The van der Waals surface area contributed by atoms with Gasteiger partial charge in [-0.1, -0.05) is 19.0 Å². The smallest absolute Gasteiger partial charge is 0.185 e. The van der Waals surface area contributed by atoms with Gasteiger partial charge < -0.3 is 13.7 Å². The van der Waals surface area contributed by atoms with Gasteiger partial charge in [0.05, 0.1) is 5.71 Å². The second kappa shape index (κ2) is 8.99. The largest absolute Gasteiger partial charge is 0.415 e. The van der Waals surface area contributed by atoms with E-state index in [1.54, 1.807) is 7.11 Å². The first kappa shape index (κ1) is 26.9. The van der Waals surface area contributed by atoms with Gasteiger partial charge in [-0.05, 0) is 133 Å². The number of hydrogen-bond acceptors (Lipinski definition) is 4. The molecule has 0 saturated heterocycles. The summed E-state index contributed by atoms with van der Waals surface area (Å²) in [6.45, 7) is 21.5. The molecule has 34 heavy (non-hydrogen) atoms. The minimum atomic E-state index is -1.77. The SMILES string of the molecule is CON=C(C)C1(O[Si](C)(C)C)CCC2C3CCC4CC(O[Si](C)(C)C)CCC4(C)C3CCC21C. The van der Waals surface area contributed by atoms with Crippen LogP contribution in [0.3, 0.4) is 0 Å². The average Bonchev–Trinajstić information content (AvgIpc) is 2.99. The number of hydrogen-bond donors (Lipinski definition) is 0. The number of oxime groups is 1. The van der Waals surface area contributed by atoms with Crippen molar-refractivity contribution in [3.63, 3.8) is 0 Å². The molecular weight excluding hydrogens is 454 g/mol. The third-order valence-electron chi connectivity index (χ3n) is 10.6. The molecule has 4 saturated carbocycles. The fourth-order valence-electron chi connectivity index (χ4n) is 9.39. The lowest BCUT2D eigenvalue weighted by molar-refractivity contribution is -0.139. The zero-order valence-electron chi connectivity index (χ0n) is 23.9. The molecule has 0 spiro atoms. The molecule has 0 aliphatic heterocycles. The summed E-state index contributed by atoms with van der Waals surface area (Å²) in [7, 11) is -1.56. The second-order valence-corrected chi connectivity index (χ2v) is 23.6. The quantitative estimate of drug-likeness (QED) is 0.209. The van der Waals surface area contributed by atoms with E-state index in [-0.39, 0.29) is 11.0 Å². The summed E-state index contributed by atoms with van der Waals surface area (Å²) in [5.41, 5.74) is 1.46. The first-order chi connectivity index (χ1) is 15.7. The van der Waals surface area contributed by atoms with E-state index in [1.807, 2.05) is 0 Å². The Morgan fingerprint density at radius 2 is 1.50 bits per heavy atom. The standard InChI is InChI=1S/C28H53NO3Si2/c1-20(29-30-4)28(32-34(8,9)10)18-15-25-23-12-11-21-19-22(31-33(5,6)7)13-16-26(21,2)24(23)14-17-27(25,28)3/h21-25H,11-19H2,1-10H3. The Hall–Kier alpha value is -0.176. The zero-order valence-corrected chi connectivity index (χ0v) is 25.9. The fourth-order valence-corrected chi connectivity index (χ4v) is 12.1. The molecular formula is C28H53NO3Si2. The van der Waals surface area contributed by atoms with Crippen molar-refractivity contribution in [3.8, 4) is 0 Å². The van der Waals surface area contributed by atoms with Crippen molar-refractivity contribution >= 4 is 22.3 Å². The number of nitrogens with zero attached hydrogens (tertiary/aromatic N) is 1. The van der Waals surface area contributed by atoms with E-state index in [4.69, 9.17) is 13.7 Å². The third-order valence-corrected chi connectivity index (χ3v) is 12.6. The molecule has 0 aromatic heterocycles. The van der Waals surface area contributed by atoms with E-state index in [9.17, 15) is 0 Å². The molecule has 0 N–H and O–H groups in total. The molecule has 0 radical (unpaired) electrons. The molecule has 0 aromatic rings. The molecule has 0 heterocycles. The topological polar surface area (TPSA) is 40.0 Å². The van der Waals surface area contributed by atoms with Crippen LogP contribution in [0.1, 0.15) is 78.6 Å². The van der Waals surface area contributed by atoms with E-state index < -0.39 is 16.6 Å². The summed E-state index contributed by atoms with van der Waals surface area (Å²) < 4.78 is 13.8. The van der Waals surface area contributed by atoms with Crippen molar-refractivity contribution in [1.29, 1.82) is 0 Å². The molecule has 4 nitrogen and oxygen atoms in total. The van der Waals surface area contributed by atoms with Gasteiger partial charge in [0.1, 0.15) is 12.7 Å². The minimum absolute atomic E-state index is 0.155. The minimum Gasteiger partial charge on any atom is -0.415 e. The Kier molecular flexibility index (Phi) is 7.10. The Balaban J connectivity index is 1.60. The van der Waals surface area contributed by atoms with Crippen molar-refractivity contribution in [2.75, 3.05) is 7.11 Å². The van der Waals surface area contributed by atoms with Gasteiger partial charge in [0.2, 0.25) is 0 Å². The highest BCUT2D eigenvalue weighted by atomic mass is 28.4. The molecule has 6 heteroatoms. The Morgan fingerprint density at radius 3 is 2.12 bits per heavy atom. The van der Waals surface area contributed by atoms with Gasteiger partial charge in [0, 0.05) is 11.5 Å². The molecule has 0 amide bonds. The van der Waals surface area contributed by atoms with Crippen LogP contribution in [0.25, 0.3) is 0 Å². The van der Waals surface area contributed by atoms with E-state index in [0.717, 1.165) is 35.8 Å². The Labute approximate surface area is 212 Å². The van der Waals surface area contributed by atoms with Gasteiger partial charge in [0.25, 0.3) is 0 Å². The van der Waals surface area contributed by atoms with Crippen molar-refractivity contribution in [2.24, 2.45) is 39.7 Å². The summed E-state index contributed by atoms with van der Waals surface area (Å²) in [5, 5.41) is 4.52. The molecule has 4 rings (SSSR count). The number of rotatable bonds is 6. The molecule has 4 fully saturated rings. The lowest BCUT2D eigenvalue weighted by atomic mass is 9.44. The maximum absolute atomic E-state index is 7.16. The average molecular weight is 508 g/mol. The Bertz CT molecular complexity index is 790. The van der Waals surface area contributed by atoms with Gasteiger partial charge in [-0.25, -0.2) is 0 Å². The van der Waals surface area contributed by atoms with Crippen molar-refractivity contribution in [3.05, 3.63) is 0 Å². The van der Waals surface area contributed by atoms with Crippen LogP contribution in [0.5, 0.6) is 0 Å². The fraction of sp³-hybridized carbons (Fsp3) is 0.964. The van der Waals surface area contributed by atoms with Gasteiger partial charge in [0.15, 0.2) is 16.6 Å². The molecule has 4 aliphatic carbocycles. The predicted octanol–water partition coefficient (Wildman–Crippen LogP) is 7.86. The first-order valence-electron chi connectivity index (χ1n) is 14.1. The van der Waals surface area contributed by atoms with E-state index >= 15 is 0 Å². The van der Waals surface area contributed by atoms with Gasteiger partial charge in [-0.2, -0.15) is 0 Å². The van der Waals surface area contributed by atoms with E-state index in [1.165, 1.54) is 51.4 Å². The van der Waals surface area contributed by atoms with Crippen LogP contribution in [-0.4, -0.2) is 41.2 Å². The lowest BCUT2D eigenvalue weighted by Crippen LogP contribution is -2.61. The summed E-state index contributed by atoms with van der Waals surface area (Å²) in [4.78, 5) is 5.33. The zero-order chi connectivity index (χ0) is 25.2. The molecule has 8 unspecified atom stereocenters. The maximum atomic E-state index is 7.16. The maximum Gasteiger partial charge on any atom is 0.185 e. The van der Waals surface area contributed by atoms with Gasteiger partial charge in [-0.15, -0.1) is 0 Å².